The number of quaternary nitrogens is 1. The van der Waals surface area contributed by atoms with Gasteiger partial charge in [-0.2, -0.15) is 0 Å². The largest absolute Gasteiger partial charge is 0.550 e. The predicted molar refractivity (Wildman–Crippen MR) is 68.3 cm³/mol. The minimum absolute atomic E-state index is 0.0454. The van der Waals surface area contributed by atoms with Crippen molar-refractivity contribution in [2.45, 2.75) is 32.6 Å². The molecule has 0 fully saturated rings. The van der Waals surface area contributed by atoms with Crippen LogP contribution in [0.5, 0.6) is 0 Å². The molecule has 0 aliphatic rings. The van der Waals surface area contributed by atoms with Crippen molar-refractivity contribution in [3.8, 4) is 0 Å². The summed E-state index contributed by atoms with van der Waals surface area (Å²) in [6.07, 6.45) is 6.83. The fourth-order valence-electron chi connectivity index (χ4n) is 0.919. The van der Waals surface area contributed by atoms with E-state index in [0.29, 0.717) is 0 Å². The summed E-state index contributed by atoms with van der Waals surface area (Å²) in [5.41, 5.74) is 0. The number of likely N-dealkylation sites (N-methyl/N-ethyl adjacent to an activating group) is 1. The normalized spacial score (nSPS) is 11.1. The standard InChI is InChI=1S/C8H14O2.C5H14NO/c1-2-3-4-5-6-7-8(9)10;1-6(2,3)4-5-7/h5-6H,2-4,7H2,1H3,(H,9,10);7H,4-5H2,1-3H3/q;+1/p-1. The van der Waals surface area contributed by atoms with Crippen LogP contribution in [0.3, 0.4) is 0 Å². The molecule has 0 aromatic rings. The van der Waals surface area contributed by atoms with E-state index in [1.165, 1.54) is 0 Å². The van der Waals surface area contributed by atoms with Gasteiger partial charge in [-0.15, -0.1) is 0 Å². The highest BCUT2D eigenvalue weighted by Gasteiger charge is 2.02. The van der Waals surface area contributed by atoms with Crippen LogP contribution in [0.2, 0.25) is 0 Å². The number of carbonyl (C=O) groups excluding carboxylic acids is 1. The van der Waals surface area contributed by atoms with E-state index in [1.807, 2.05) is 6.08 Å². The van der Waals surface area contributed by atoms with E-state index in [0.717, 1.165) is 30.3 Å². The summed E-state index contributed by atoms with van der Waals surface area (Å²) in [5, 5.41) is 18.3. The lowest BCUT2D eigenvalue weighted by atomic mass is 10.2. The molecule has 0 aliphatic heterocycles. The van der Waals surface area contributed by atoms with Gasteiger partial charge in [-0.25, -0.2) is 0 Å². The minimum atomic E-state index is -1.01. The van der Waals surface area contributed by atoms with Crippen molar-refractivity contribution in [1.82, 2.24) is 0 Å². The van der Waals surface area contributed by atoms with Crippen molar-refractivity contribution >= 4 is 5.97 Å². The van der Waals surface area contributed by atoms with E-state index in [1.54, 1.807) is 6.08 Å². The molecule has 0 atom stereocenters. The number of aliphatic carboxylic acids is 1. The number of aliphatic hydroxyl groups excluding tert-OH is 1. The number of carbonyl (C=O) groups is 1. The Labute approximate surface area is 105 Å². The highest BCUT2D eigenvalue weighted by molar-refractivity contribution is 5.66. The highest BCUT2D eigenvalue weighted by Crippen LogP contribution is 1.95. The first kappa shape index (κ1) is 18.5. The van der Waals surface area contributed by atoms with Crippen LogP contribution in [0.15, 0.2) is 12.2 Å². The van der Waals surface area contributed by atoms with Crippen molar-refractivity contribution in [2.24, 2.45) is 0 Å². The number of rotatable bonds is 7. The molecule has 4 heteroatoms. The van der Waals surface area contributed by atoms with Gasteiger partial charge in [0.15, 0.2) is 0 Å². The van der Waals surface area contributed by atoms with E-state index in [2.05, 4.69) is 28.1 Å². The summed E-state index contributed by atoms with van der Waals surface area (Å²) < 4.78 is 0.844. The van der Waals surface area contributed by atoms with Gasteiger partial charge in [-0.3, -0.25) is 0 Å². The summed E-state index contributed by atoms with van der Waals surface area (Å²) in [6.45, 7) is 3.22. The van der Waals surface area contributed by atoms with Crippen molar-refractivity contribution in [1.29, 1.82) is 0 Å². The first-order valence-corrected chi connectivity index (χ1v) is 6.09. The Balaban J connectivity index is 0. The third-order valence-corrected chi connectivity index (χ3v) is 1.95. The molecule has 17 heavy (non-hydrogen) atoms. The van der Waals surface area contributed by atoms with E-state index >= 15 is 0 Å². The summed E-state index contributed by atoms with van der Waals surface area (Å²) in [5.74, 6) is -1.01. The molecule has 0 rings (SSSR count). The van der Waals surface area contributed by atoms with Crippen LogP contribution in [0.25, 0.3) is 0 Å². The van der Waals surface area contributed by atoms with Crippen molar-refractivity contribution in [2.75, 3.05) is 34.3 Å². The van der Waals surface area contributed by atoms with Gasteiger partial charge in [-0.1, -0.05) is 31.9 Å². The second-order valence-corrected chi connectivity index (χ2v) is 4.93. The van der Waals surface area contributed by atoms with Crippen LogP contribution in [-0.2, 0) is 4.79 Å². The second-order valence-electron chi connectivity index (χ2n) is 4.93. The lowest BCUT2D eigenvalue weighted by Crippen LogP contribution is -2.36. The van der Waals surface area contributed by atoms with Crippen LogP contribution >= 0.6 is 0 Å². The molecule has 0 heterocycles. The van der Waals surface area contributed by atoms with Gasteiger partial charge in [-0.05, 0) is 6.42 Å². The number of nitrogens with zero attached hydrogens (tertiary/aromatic N) is 1. The number of carboxylic acid groups (broad SMARTS) is 1. The Morgan fingerprint density at radius 1 is 1.29 bits per heavy atom. The van der Waals surface area contributed by atoms with Crippen molar-refractivity contribution in [3.05, 3.63) is 12.2 Å². The van der Waals surface area contributed by atoms with Gasteiger partial charge in [0, 0.05) is 12.4 Å². The molecule has 0 saturated heterocycles. The topological polar surface area (TPSA) is 60.4 Å². The molecular formula is C13H27NO3. The third kappa shape index (κ3) is 25.4. The summed E-state index contributed by atoms with van der Waals surface area (Å²) >= 11 is 0. The molecule has 0 aliphatic carbocycles. The molecule has 4 nitrogen and oxygen atoms in total. The van der Waals surface area contributed by atoms with E-state index in [4.69, 9.17) is 5.11 Å². The summed E-state index contributed by atoms with van der Waals surface area (Å²) in [6, 6.07) is 0. The van der Waals surface area contributed by atoms with Gasteiger partial charge in [0.1, 0.15) is 6.54 Å². The molecule has 0 saturated carbocycles. The molecule has 0 aromatic heterocycles. The Kier molecular flexibility index (Phi) is 12.6. The van der Waals surface area contributed by atoms with Crippen molar-refractivity contribution in [3.63, 3.8) is 0 Å². The first-order chi connectivity index (χ1) is 7.83. The molecule has 0 amide bonds. The smallest absolute Gasteiger partial charge is 0.101 e. The van der Waals surface area contributed by atoms with Gasteiger partial charge in [0.25, 0.3) is 0 Å². The average Bonchev–Trinajstić information content (AvgIpc) is 2.16. The molecule has 0 spiro atoms. The molecule has 0 aromatic carbocycles. The van der Waals surface area contributed by atoms with E-state index in [-0.39, 0.29) is 13.0 Å². The molecular weight excluding hydrogens is 218 g/mol. The maximum atomic E-state index is 9.87. The lowest BCUT2D eigenvalue weighted by molar-refractivity contribution is -0.870. The van der Waals surface area contributed by atoms with Gasteiger partial charge in [0.05, 0.1) is 27.7 Å². The first-order valence-electron chi connectivity index (χ1n) is 6.09. The summed E-state index contributed by atoms with van der Waals surface area (Å²) in [4.78, 5) is 9.87. The number of hydrogen-bond acceptors (Lipinski definition) is 3. The zero-order valence-corrected chi connectivity index (χ0v) is 11.6. The van der Waals surface area contributed by atoms with Crippen LogP contribution in [-0.4, -0.2) is 49.9 Å². The van der Waals surface area contributed by atoms with Crippen LogP contribution in [0.1, 0.15) is 32.6 Å². The van der Waals surface area contributed by atoms with Gasteiger partial charge in [0.2, 0.25) is 0 Å². The maximum absolute atomic E-state index is 9.87. The minimum Gasteiger partial charge on any atom is -0.550 e. The monoisotopic (exact) mass is 245 g/mol. The Hall–Kier alpha value is -0.870. The van der Waals surface area contributed by atoms with Crippen LogP contribution < -0.4 is 5.11 Å². The van der Waals surface area contributed by atoms with E-state index in [9.17, 15) is 9.90 Å². The molecule has 0 radical (unpaired) electrons. The number of aliphatic hydroxyl groups is 1. The third-order valence-electron chi connectivity index (χ3n) is 1.95. The quantitative estimate of drug-likeness (QED) is 0.405. The molecule has 0 unspecified atom stereocenters. The van der Waals surface area contributed by atoms with Crippen LogP contribution in [0.4, 0.5) is 0 Å². The molecule has 0 bridgehead atoms. The number of carboxylic acids is 1. The Morgan fingerprint density at radius 3 is 2.18 bits per heavy atom. The van der Waals surface area contributed by atoms with Crippen LogP contribution in [0, 0.1) is 0 Å². The fraction of sp³-hybridized carbons (Fsp3) is 0.769. The number of hydrogen-bond donors (Lipinski definition) is 1. The predicted octanol–water partition coefficient (Wildman–Crippen LogP) is 0.558. The zero-order chi connectivity index (χ0) is 13.7. The lowest BCUT2D eigenvalue weighted by Gasteiger charge is -2.21. The molecule has 1 N–H and O–H groups in total. The zero-order valence-electron chi connectivity index (χ0n) is 11.6. The number of unbranched alkanes of at least 4 members (excludes halogenated alkanes) is 2. The summed E-state index contributed by atoms with van der Waals surface area (Å²) in [7, 11) is 6.16. The van der Waals surface area contributed by atoms with Gasteiger partial charge < -0.3 is 19.5 Å². The van der Waals surface area contributed by atoms with Gasteiger partial charge >= 0.3 is 0 Å². The maximum Gasteiger partial charge on any atom is 0.101 e. The Morgan fingerprint density at radius 2 is 1.88 bits per heavy atom. The van der Waals surface area contributed by atoms with Crippen molar-refractivity contribution < 1.29 is 19.5 Å². The highest BCUT2D eigenvalue weighted by atomic mass is 16.4. The second kappa shape index (κ2) is 11.6. The SMILES string of the molecule is CCCCC=CCC(=O)[O-].C[N+](C)(C)CCO. The average molecular weight is 245 g/mol. The van der Waals surface area contributed by atoms with E-state index < -0.39 is 5.97 Å². The molecule has 102 valence electrons. The Bertz CT molecular complexity index is 207. The fourth-order valence-corrected chi connectivity index (χ4v) is 0.919. The number of allylic oxidation sites excluding steroid dienone is 1.